The third-order valence-electron chi connectivity index (χ3n) is 3.75. The molecule has 26 heavy (non-hydrogen) atoms. The van der Waals surface area contributed by atoms with Crippen LogP contribution < -0.4 is 10.9 Å². The van der Waals surface area contributed by atoms with E-state index < -0.39 is 5.91 Å². The van der Waals surface area contributed by atoms with E-state index >= 15 is 0 Å². The summed E-state index contributed by atoms with van der Waals surface area (Å²) in [6, 6.07) is 9.12. The molecule has 0 spiro atoms. The van der Waals surface area contributed by atoms with E-state index in [1.165, 1.54) is 0 Å². The number of hydrazine groups is 1. The lowest BCUT2D eigenvalue weighted by atomic mass is 10.1. The standard InChI is InChI=1S/C17H12BrN5O3/c1-9-12-8-11(18)2-3-13(12)25-14(9)16(24)21-22-17-20-15(23-26-17)10-4-6-19-7-5-10/h2-8H,1H3,(H,21,24)(H,20,22,23). The predicted octanol–water partition coefficient (Wildman–Crippen LogP) is 3.71. The van der Waals surface area contributed by atoms with Crippen molar-refractivity contribution >= 4 is 38.8 Å². The molecule has 1 amide bonds. The Morgan fingerprint density at radius 2 is 2.00 bits per heavy atom. The summed E-state index contributed by atoms with van der Waals surface area (Å²) in [6.07, 6.45) is 3.26. The van der Waals surface area contributed by atoms with Crippen molar-refractivity contribution < 1.29 is 13.7 Å². The summed E-state index contributed by atoms with van der Waals surface area (Å²) in [6.45, 7) is 1.82. The highest BCUT2D eigenvalue weighted by atomic mass is 79.9. The van der Waals surface area contributed by atoms with Crippen molar-refractivity contribution in [1.82, 2.24) is 20.6 Å². The van der Waals surface area contributed by atoms with Gasteiger partial charge in [0.1, 0.15) is 5.58 Å². The molecule has 0 saturated carbocycles. The number of aromatic nitrogens is 3. The molecule has 130 valence electrons. The molecular formula is C17H12BrN5O3. The Balaban J connectivity index is 1.49. The Bertz CT molecular complexity index is 1090. The van der Waals surface area contributed by atoms with Crippen molar-refractivity contribution in [1.29, 1.82) is 0 Å². The van der Waals surface area contributed by atoms with Gasteiger partial charge in [0.15, 0.2) is 5.76 Å². The molecule has 3 aromatic heterocycles. The molecule has 0 aliphatic carbocycles. The van der Waals surface area contributed by atoms with E-state index in [4.69, 9.17) is 8.94 Å². The van der Waals surface area contributed by atoms with Crippen molar-refractivity contribution in [2.45, 2.75) is 6.92 Å². The van der Waals surface area contributed by atoms with Crippen LogP contribution in [0.25, 0.3) is 22.4 Å². The molecule has 8 nitrogen and oxygen atoms in total. The van der Waals surface area contributed by atoms with Crippen LogP contribution in [0, 0.1) is 6.92 Å². The predicted molar refractivity (Wildman–Crippen MR) is 97.3 cm³/mol. The fraction of sp³-hybridized carbons (Fsp3) is 0.0588. The number of pyridine rings is 1. The van der Waals surface area contributed by atoms with Crippen LogP contribution in [0.4, 0.5) is 6.01 Å². The Hall–Kier alpha value is -3.20. The molecule has 4 aromatic rings. The highest BCUT2D eigenvalue weighted by Crippen LogP contribution is 2.28. The number of furan rings is 1. The molecule has 1 aromatic carbocycles. The molecule has 2 N–H and O–H groups in total. The molecule has 0 saturated heterocycles. The zero-order valence-corrected chi connectivity index (χ0v) is 15.1. The highest BCUT2D eigenvalue weighted by Gasteiger charge is 2.18. The second-order valence-corrected chi connectivity index (χ2v) is 6.35. The minimum absolute atomic E-state index is 0.0571. The van der Waals surface area contributed by atoms with Crippen molar-refractivity contribution in [3.63, 3.8) is 0 Å². The molecule has 0 bridgehead atoms. The van der Waals surface area contributed by atoms with Gasteiger partial charge in [0.05, 0.1) is 0 Å². The van der Waals surface area contributed by atoms with Crippen LogP contribution >= 0.6 is 15.9 Å². The van der Waals surface area contributed by atoms with Gasteiger partial charge in [-0.1, -0.05) is 21.1 Å². The van der Waals surface area contributed by atoms with E-state index in [1.807, 2.05) is 19.1 Å². The van der Waals surface area contributed by atoms with Gasteiger partial charge in [-0.25, -0.2) is 5.43 Å². The third-order valence-corrected chi connectivity index (χ3v) is 4.25. The van der Waals surface area contributed by atoms with Gasteiger partial charge < -0.3 is 8.94 Å². The van der Waals surface area contributed by atoms with E-state index in [2.05, 4.69) is 41.9 Å². The lowest BCUT2D eigenvalue weighted by Crippen LogP contribution is -2.29. The summed E-state index contributed by atoms with van der Waals surface area (Å²) in [5, 5.41) is 4.71. The van der Waals surface area contributed by atoms with Crippen LogP contribution in [0.3, 0.4) is 0 Å². The number of carbonyl (C=O) groups excluding carboxylic acids is 1. The minimum atomic E-state index is -0.446. The number of aryl methyl sites for hydroxylation is 1. The number of anilines is 1. The lowest BCUT2D eigenvalue weighted by molar-refractivity contribution is 0.0935. The number of halogens is 1. The highest BCUT2D eigenvalue weighted by molar-refractivity contribution is 9.10. The van der Waals surface area contributed by atoms with Crippen molar-refractivity contribution in [3.8, 4) is 11.4 Å². The molecular weight excluding hydrogens is 402 g/mol. The van der Waals surface area contributed by atoms with Crippen molar-refractivity contribution in [2.75, 3.05) is 5.43 Å². The van der Waals surface area contributed by atoms with Gasteiger partial charge in [-0.2, -0.15) is 4.98 Å². The number of rotatable bonds is 4. The summed E-state index contributed by atoms with van der Waals surface area (Å²) in [7, 11) is 0. The molecule has 0 unspecified atom stereocenters. The van der Waals surface area contributed by atoms with E-state index in [-0.39, 0.29) is 11.8 Å². The average molecular weight is 414 g/mol. The molecule has 4 rings (SSSR count). The van der Waals surface area contributed by atoms with Crippen LogP contribution in [-0.4, -0.2) is 21.0 Å². The number of nitrogens with one attached hydrogen (secondary N) is 2. The number of fused-ring (bicyclic) bond motifs is 1. The molecule has 0 radical (unpaired) electrons. The van der Waals surface area contributed by atoms with Crippen molar-refractivity contribution in [2.24, 2.45) is 0 Å². The van der Waals surface area contributed by atoms with Crippen LogP contribution in [0.2, 0.25) is 0 Å². The van der Waals surface area contributed by atoms with Gasteiger partial charge in [-0.15, -0.1) is 0 Å². The normalized spacial score (nSPS) is 10.8. The van der Waals surface area contributed by atoms with Gasteiger partial charge in [-0.3, -0.25) is 15.2 Å². The second-order valence-electron chi connectivity index (χ2n) is 5.43. The first-order chi connectivity index (χ1) is 12.6. The summed E-state index contributed by atoms with van der Waals surface area (Å²) in [4.78, 5) is 20.5. The Labute approximate surface area is 155 Å². The second kappa shape index (κ2) is 6.60. The molecule has 0 aliphatic rings. The Kier molecular flexibility index (Phi) is 4.13. The zero-order valence-electron chi connectivity index (χ0n) is 13.5. The largest absolute Gasteiger partial charge is 0.451 e. The van der Waals surface area contributed by atoms with Crippen molar-refractivity contribution in [3.05, 3.63) is 58.5 Å². The first-order valence-corrected chi connectivity index (χ1v) is 8.40. The summed E-state index contributed by atoms with van der Waals surface area (Å²) in [5.74, 6) is 0.145. The summed E-state index contributed by atoms with van der Waals surface area (Å²) >= 11 is 3.41. The monoisotopic (exact) mass is 413 g/mol. The number of carbonyl (C=O) groups is 1. The molecule has 9 heteroatoms. The maximum absolute atomic E-state index is 12.4. The fourth-order valence-electron chi connectivity index (χ4n) is 2.47. The Morgan fingerprint density at radius 1 is 1.19 bits per heavy atom. The van der Waals surface area contributed by atoms with Crippen LogP contribution in [0.5, 0.6) is 0 Å². The van der Waals surface area contributed by atoms with Gasteiger partial charge in [0.25, 0.3) is 0 Å². The molecule has 0 fully saturated rings. The van der Waals surface area contributed by atoms with Gasteiger partial charge >= 0.3 is 11.9 Å². The first kappa shape index (κ1) is 16.3. The maximum atomic E-state index is 12.4. The van der Waals surface area contributed by atoms with Crippen LogP contribution in [0.1, 0.15) is 16.1 Å². The summed E-state index contributed by atoms with van der Waals surface area (Å²) in [5.41, 5.74) is 7.21. The smallest absolute Gasteiger partial charge is 0.340 e. The minimum Gasteiger partial charge on any atom is -0.451 e. The van der Waals surface area contributed by atoms with Gasteiger partial charge in [0.2, 0.25) is 5.82 Å². The van der Waals surface area contributed by atoms with Crippen LogP contribution in [0.15, 0.2) is 56.1 Å². The van der Waals surface area contributed by atoms with E-state index in [9.17, 15) is 4.79 Å². The van der Waals surface area contributed by atoms with E-state index in [1.54, 1.807) is 30.6 Å². The summed E-state index contributed by atoms with van der Waals surface area (Å²) < 4.78 is 11.6. The molecule has 0 aliphatic heterocycles. The fourth-order valence-corrected chi connectivity index (χ4v) is 2.83. The SMILES string of the molecule is Cc1c(C(=O)NNc2nc(-c3ccncc3)no2)oc2ccc(Br)cc12. The lowest BCUT2D eigenvalue weighted by Gasteiger charge is -2.02. The van der Waals surface area contributed by atoms with E-state index in [0.717, 1.165) is 21.0 Å². The first-order valence-electron chi connectivity index (χ1n) is 7.61. The average Bonchev–Trinajstić information content (AvgIpc) is 3.26. The van der Waals surface area contributed by atoms with E-state index in [0.29, 0.717) is 11.4 Å². The molecule has 3 heterocycles. The van der Waals surface area contributed by atoms with Gasteiger partial charge in [0, 0.05) is 33.4 Å². The number of hydrogen-bond acceptors (Lipinski definition) is 7. The number of amides is 1. The van der Waals surface area contributed by atoms with Gasteiger partial charge in [-0.05, 0) is 37.3 Å². The number of benzene rings is 1. The molecule has 0 atom stereocenters. The maximum Gasteiger partial charge on any atom is 0.340 e. The zero-order chi connectivity index (χ0) is 18.1. The number of nitrogens with zero attached hydrogens (tertiary/aromatic N) is 3. The van der Waals surface area contributed by atoms with Crippen LogP contribution in [-0.2, 0) is 0 Å². The Morgan fingerprint density at radius 3 is 2.81 bits per heavy atom. The third kappa shape index (κ3) is 3.04. The topological polar surface area (TPSA) is 106 Å². The number of hydrogen-bond donors (Lipinski definition) is 2. The quantitative estimate of drug-likeness (QED) is 0.491.